The van der Waals surface area contributed by atoms with Crippen molar-refractivity contribution in [3.8, 4) is 17.1 Å². The molecule has 1 heterocycles. The van der Waals surface area contributed by atoms with Crippen LogP contribution in [0.4, 0.5) is 0 Å². The summed E-state index contributed by atoms with van der Waals surface area (Å²) in [6.45, 7) is 1.92. The van der Waals surface area contributed by atoms with Crippen LogP contribution >= 0.6 is 11.8 Å². The fourth-order valence-electron chi connectivity index (χ4n) is 3.19. The van der Waals surface area contributed by atoms with Crippen molar-refractivity contribution in [3.63, 3.8) is 0 Å². The number of methoxy groups -OCH3 is 1. The SMILES string of the molecule is COc1ccc(-c2nnc(SC(C)C(=O)NC3CCCCC3)n2C)cc1. The summed E-state index contributed by atoms with van der Waals surface area (Å²) in [4.78, 5) is 12.5. The van der Waals surface area contributed by atoms with Gasteiger partial charge in [0, 0.05) is 18.7 Å². The number of rotatable bonds is 6. The van der Waals surface area contributed by atoms with Gasteiger partial charge < -0.3 is 14.6 Å². The lowest BCUT2D eigenvalue weighted by Crippen LogP contribution is -2.40. The maximum absolute atomic E-state index is 12.5. The number of ether oxygens (including phenoxy) is 1. The van der Waals surface area contributed by atoms with Crippen LogP contribution in [0.1, 0.15) is 39.0 Å². The Morgan fingerprint density at radius 1 is 1.23 bits per heavy atom. The third-order valence-electron chi connectivity index (χ3n) is 4.79. The zero-order valence-electron chi connectivity index (χ0n) is 15.6. The monoisotopic (exact) mass is 374 g/mol. The van der Waals surface area contributed by atoms with Gasteiger partial charge in [-0.3, -0.25) is 4.79 Å². The number of nitrogens with zero attached hydrogens (tertiary/aromatic N) is 3. The number of amides is 1. The molecule has 0 aliphatic heterocycles. The van der Waals surface area contributed by atoms with Gasteiger partial charge in [0.25, 0.3) is 0 Å². The average molecular weight is 375 g/mol. The third kappa shape index (κ3) is 4.38. The molecule has 1 saturated carbocycles. The summed E-state index contributed by atoms with van der Waals surface area (Å²) in [5, 5.41) is 12.3. The van der Waals surface area contributed by atoms with Crippen LogP contribution in [-0.4, -0.2) is 39.1 Å². The van der Waals surface area contributed by atoms with Crippen LogP contribution in [0, 0.1) is 0 Å². The first kappa shape index (κ1) is 18.8. The molecule has 1 fully saturated rings. The van der Waals surface area contributed by atoms with E-state index in [9.17, 15) is 4.79 Å². The molecule has 0 bridgehead atoms. The molecule has 1 aromatic carbocycles. The van der Waals surface area contributed by atoms with E-state index in [2.05, 4.69) is 15.5 Å². The van der Waals surface area contributed by atoms with E-state index >= 15 is 0 Å². The molecule has 1 N–H and O–H groups in total. The molecule has 0 saturated heterocycles. The highest BCUT2D eigenvalue weighted by atomic mass is 32.2. The molecule has 26 heavy (non-hydrogen) atoms. The zero-order valence-corrected chi connectivity index (χ0v) is 16.4. The van der Waals surface area contributed by atoms with Crippen molar-refractivity contribution in [3.05, 3.63) is 24.3 Å². The number of hydrogen-bond acceptors (Lipinski definition) is 5. The molecule has 1 unspecified atom stereocenters. The largest absolute Gasteiger partial charge is 0.497 e. The summed E-state index contributed by atoms with van der Waals surface area (Å²) in [7, 11) is 3.57. The van der Waals surface area contributed by atoms with Crippen molar-refractivity contribution in [2.45, 2.75) is 55.5 Å². The number of aromatic nitrogens is 3. The summed E-state index contributed by atoms with van der Waals surface area (Å²) >= 11 is 1.44. The molecule has 0 radical (unpaired) electrons. The van der Waals surface area contributed by atoms with Crippen LogP contribution in [0.15, 0.2) is 29.4 Å². The first-order valence-electron chi connectivity index (χ1n) is 9.09. The van der Waals surface area contributed by atoms with Gasteiger partial charge in [0.05, 0.1) is 12.4 Å². The van der Waals surface area contributed by atoms with Gasteiger partial charge in [-0.25, -0.2) is 0 Å². The Hall–Kier alpha value is -2.02. The van der Waals surface area contributed by atoms with Gasteiger partial charge >= 0.3 is 0 Å². The molecule has 1 aliphatic rings. The smallest absolute Gasteiger partial charge is 0.233 e. The van der Waals surface area contributed by atoms with Crippen LogP contribution < -0.4 is 10.1 Å². The van der Waals surface area contributed by atoms with Crippen molar-refractivity contribution < 1.29 is 9.53 Å². The Balaban J connectivity index is 1.64. The molecule has 6 nitrogen and oxygen atoms in total. The Morgan fingerprint density at radius 2 is 1.92 bits per heavy atom. The molecule has 1 aliphatic carbocycles. The number of nitrogens with one attached hydrogen (secondary N) is 1. The van der Waals surface area contributed by atoms with Gasteiger partial charge in [-0.2, -0.15) is 0 Å². The fraction of sp³-hybridized carbons (Fsp3) is 0.526. The lowest BCUT2D eigenvalue weighted by Gasteiger charge is -2.24. The topological polar surface area (TPSA) is 69.0 Å². The molecule has 1 atom stereocenters. The number of benzene rings is 1. The minimum Gasteiger partial charge on any atom is -0.497 e. The second kappa shape index (κ2) is 8.58. The van der Waals surface area contributed by atoms with Crippen LogP contribution in [0.5, 0.6) is 5.75 Å². The standard InChI is InChI=1S/C19H26N4O2S/c1-13(18(24)20-15-7-5-4-6-8-15)26-19-22-21-17(23(19)2)14-9-11-16(25-3)12-10-14/h9-13,15H,4-8H2,1-3H3,(H,20,24). The van der Waals surface area contributed by atoms with Gasteiger partial charge in [-0.15, -0.1) is 10.2 Å². The Kier molecular flexibility index (Phi) is 6.19. The lowest BCUT2D eigenvalue weighted by molar-refractivity contribution is -0.121. The van der Waals surface area contributed by atoms with E-state index in [0.717, 1.165) is 35.1 Å². The molecular weight excluding hydrogens is 348 g/mol. The van der Waals surface area contributed by atoms with E-state index in [4.69, 9.17) is 4.74 Å². The van der Waals surface area contributed by atoms with Crippen LogP contribution in [0.3, 0.4) is 0 Å². The van der Waals surface area contributed by atoms with Crippen LogP contribution in [0.25, 0.3) is 11.4 Å². The van der Waals surface area contributed by atoms with Crippen LogP contribution in [-0.2, 0) is 11.8 Å². The Bertz CT molecular complexity index is 738. The number of thioether (sulfide) groups is 1. The quantitative estimate of drug-likeness (QED) is 0.785. The highest BCUT2D eigenvalue weighted by Gasteiger charge is 2.22. The molecular formula is C19H26N4O2S. The van der Waals surface area contributed by atoms with Crippen molar-refractivity contribution in [1.82, 2.24) is 20.1 Å². The van der Waals surface area contributed by atoms with Gasteiger partial charge in [-0.1, -0.05) is 31.0 Å². The van der Waals surface area contributed by atoms with Crippen LogP contribution in [0.2, 0.25) is 0 Å². The minimum atomic E-state index is -0.205. The second-order valence-corrected chi connectivity index (χ2v) is 8.01. The van der Waals surface area contributed by atoms with Gasteiger partial charge in [0.2, 0.25) is 5.91 Å². The molecule has 2 aromatic rings. The number of carbonyl (C=O) groups excluding carboxylic acids is 1. The second-order valence-electron chi connectivity index (χ2n) is 6.70. The molecule has 140 valence electrons. The van der Waals surface area contributed by atoms with E-state index in [1.165, 1.54) is 31.0 Å². The summed E-state index contributed by atoms with van der Waals surface area (Å²) in [6.07, 6.45) is 5.88. The summed E-state index contributed by atoms with van der Waals surface area (Å²) in [5.74, 6) is 1.66. The summed E-state index contributed by atoms with van der Waals surface area (Å²) in [5.41, 5.74) is 0.965. The summed E-state index contributed by atoms with van der Waals surface area (Å²) < 4.78 is 7.12. The predicted octanol–water partition coefficient (Wildman–Crippen LogP) is 3.42. The highest BCUT2D eigenvalue weighted by molar-refractivity contribution is 8.00. The molecule has 7 heteroatoms. The van der Waals surface area contributed by atoms with Crippen molar-refractivity contribution in [1.29, 1.82) is 0 Å². The molecule has 0 spiro atoms. The van der Waals surface area contributed by atoms with Crippen molar-refractivity contribution >= 4 is 17.7 Å². The normalized spacial score (nSPS) is 16.3. The Labute approximate surface area is 158 Å². The van der Waals surface area contributed by atoms with Crippen molar-refractivity contribution in [2.24, 2.45) is 7.05 Å². The van der Waals surface area contributed by atoms with Gasteiger partial charge in [-0.05, 0) is 44.0 Å². The summed E-state index contributed by atoms with van der Waals surface area (Å²) in [6, 6.07) is 8.04. The van der Waals surface area contributed by atoms with E-state index in [0.29, 0.717) is 6.04 Å². The van der Waals surface area contributed by atoms with E-state index in [1.807, 2.05) is 42.8 Å². The predicted molar refractivity (Wildman–Crippen MR) is 103 cm³/mol. The maximum atomic E-state index is 12.5. The Morgan fingerprint density at radius 3 is 2.58 bits per heavy atom. The first-order chi connectivity index (χ1) is 12.6. The first-order valence-corrected chi connectivity index (χ1v) is 9.97. The number of carbonyl (C=O) groups is 1. The molecule has 3 rings (SSSR count). The van der Waals surface area contributed by atoms with Crippen molar-refractivity contribution in [2.75, 3.05) is 7.11 Å². The fourth-order valence-corrected chi connectivity index (χ4v) is 4.01. The van der Waals surface area contributed by atoms with E-state index < -0.39 is 0 Å². The van der Waals surface area contributed by atoms with E-state index in [-0.39, 0.29) is 11.2 Å². The van der Waals surface area contributed by atoms with Gasteiger partial charge in [0.15, 0.2) is 11.0 Å². The zero-order chi connectivity index (χ0) is 18.5. The third-order valence-corrected chi connectivity index (χ3v) is 5.92. The highest BCUT2D eigenvalue weighted by Crippen LogP contribution is 2.27. The molecule has 1 aromatic heterocycles. The van der Waals surface area contributed by atoms with E-state index in [1.54, 1.807) is 7.11 Å². The lowest BCUT2D eigenvalue weighted by atomic mass is 9.95. The van der Waals surface area contributed by atoms with Gasteiger partial charge in [0.1, 0.15) is 5.75 Å². The molecule has 1 amide bonds. The minimum absolute atomic E-state index is 0.0795. The number of hydrogen-bond donors (Lipinski definition) is 1. The average Bonchev–Trinajstić information content (AvgIpc) is 3.03. The maximum Gasteiger partial charge on any atom is 0.233 e.